The van der Waals surface area contributed by atoms with Gasteiger partial charge in [-0.1, -0.05) is 6.07 Å². The topological polar surface area (TPSA) is 64.6 Å². The number of aliphatic hydroxyl groups excluding tert-OH is 1. The van der Waals surface area contributed by atoms with Gasteiger partial charge in [0.15, 0.2) is 11.6 Å². The number of carbonyl (C=O) groups is 1. The molecule has 1 saturated heterocycles. The smallest absolute Gasteiger partial charge is 0.315 e. The SMILES string of the molecule is O=C(NC1CCC(CO)CC1)NC1CCN(Cc2ccc(F)c(F)c2)CC1. The molecule has 1 aromatic carbocycles. The minimum Gasteiger partial charge on any atom is -0.396 e. The van der Waals surface area contributed by atoms with Crippen LogP contribution in [0.15, 0.2) is 18.2 Å². The fraction of sp³-hybridized carbons (Fsp3) is 0.650. The Balaban J connectivity index is 1.36. The highest BCUT2D eigenvalue weighted by Gasteiger charge is 2.24. The minimum atomic E-state index is -0.822. The lowest BCUT2D eigenvalue weighted by atomic mass is 9.87. The summed E-state index contributed by atoms with van der Waals surface area (Å²) >= 11 is 0. The zero-order chi connectivity index (χ0) is 19.2. The molecule has 0 spiro atoms. The minimum absolute atomic E-state index is 0.110. The van der Waals surface area contributed by atoms with Gasteiger partial charge in [0.05, 0.1) is 0 Å². The fourth-order valence-electron chi connectivity index (χ4n) is 4.03. The monoisotopic (exact) mass is 381 g/mol. The van der Waals surface area contributed by atoms with Crippen LogP contribution in [0.1, 0.15) is 44.1 Å². The van der Waals surface area contributed by atoms with Gasteiger partial charge in [-0.2, -0.15) is 0 Å². The van der Waals surface area contributed by atoms with Gasteiger partial charge in [-0.3, -0.25) is 4.90 Å². The Morgan fingerprint density at radius 3 is 2.22 bits per heavy atom. The number of carbonyl (C=O) groups excluding carboxylic acids is 1. The van der Waals surface area contributed by atoms with Crippen LogP contribution in [0.3, 0.4) is 0 Å². The van der Waals surface area contributed by atoms with E-state index in [1.807, 2.05) is 0 Å². The Kier molecular flexibility index (Phi) is 7.01. The molecule has 27 heavy (non-hydrogen) atoms. The summed E-state index contributed by atoms with van der Waals surface area (Å²) in [7, 11) is 0. The molecule has 0 bridgehead atoms. The molecular formula is C20H29F2N3O2. The first-order valence-electron chi connectivity index (χ1n) is 9.87. The molecule has 3 rings (SSSR count). The lowest BCUT2D eigenvalue weighted by Crippen LogP contribution is -2.50. The fourth-order valence-corrected chi connectivity index (χ4v) is 4.03. The molecule has 2 amide bonds. The van der Waals surface area contributed by atoms with Crippen molar-refractivity contribution in [3.63, 3.8) is 0 Å². The third kappa shape index (κ3) is 5.87. The van der Waals surface area contributed by atoms with Gasteiger partial charge in [0.1, 0.15) is 0 Å². The van der Waals surface area contributed by atoms with Crippen molar-refractivity contribution in [2.45, 2.75) is 57.2 Å². The van der Waals surface area contributed by atoms with Crippen molar-refractivity contribution < 1.29 is 18.7 Å². The number of amides is 2. The average Bonchev–Trinajstić information content (AvgIpc) is 2.67. The van der Waals surface area contributed by atoms with E-state index in [4.69, 9.17) is 0 Å². The molecule has 2 fully saturated rings. The zero-order valence-corrected chi connectivity index (χ0v) is 15.6. The van der Waals surface area contributed by atoms with E-state index in [9.17, 15) is 18.7 Å². The van der Waals surface area contributed by atoms with Crippen LogP contribution in [0, 0.1) is 17.6 Å². The first-order valence-corrected chi connectivity index (χ1v) is 9.87. The summed E-state index contributed by atoms with van der Waals surface area (Å²) in [5.74, 6) is -1.25. The number of benzene rings is 1. The molecule has 0 atom stereocenters. The van der Waals surface area contributed by atoms with E-state index in [0.29, 0.717) is 12.5 Å². The standard InChI is InChI=1S/C20H29F2N3O2/c21-18-6-3-15(11-19(18)22)12-25-9-7-17(8-10-25)24-20(27)23-16-4-1-14(13-26)2-5-16/h3,6,11,14,16-17,26H,1-2,4-5,7-10,12-13H2,(H2,23,24,27). The molecule has 1 heterocycles. The van der Waals surface area contributed by atoms with Crippen molar-refractivity contribution in [2.75, 3.05) is 19.7 Å². The van der Waals surface area contributed by atoms with Crippen LogP contribution in [-0.4, -0.2) is 47.8 Å². The molecule has 150 valence electrons. The molecule has 1 aliphatic carbocycles. The van der Waals surface area contributed by atoms with E-state index in [2.05, 4.69) is 15.5 Å². The largest absolute Gasteiger partial charge is 0.396 e. The maximum absolute atomic E-state index is 13.3. The summed E-state index contributed by atoms with van der Waals surface area (Å²) in [5.41, 5.74) is 0.761. The predicted octanol–water partition coefficient (Wildman–Crippen LogP) is 2.78. The van der Waals surface area contributed by atoms with Crippen LogP contribution in [0.25, 0.3) is 0 Å². The highest BCUT2D eigenvalue weighted by Crippen LogP contribution is 2.23. The Labute approximate surface area is 159 Å². The molecule has 0 aromatic heterocycles. The molecule has 5 nitrogen and oxygen atoms in total. The van der Waals surface area contributed by atoms with Crippen LogP contribution < -0.4 is 10.6 Å². The molecule has 2 aliphatic rings. The van der Waals surface area contributed by atoms with Crippen molar-refractivity contribution >= 4 is 6.03 Å². The Morgan fingerprint density at radius 2 is 1.63 bits per heavy atom. The van der Waals surface area contributed by atoms with E-state index < -0.39 is 11.6 Å². The third-order valence-electron chi connectivity index (χ3n) is 5.75. The second kappa shape index (κ2) is 9.46. The summed E-state index contributed by atoms with van der Waals surface area (Å²) in [6, 6.07) is 4.25. The summed E-state index contributed by atoms with van der Waals surface area (Å²) in [5, 5.41) is 15.3. The number of piperidine rings is 1. The first kappa shape index (κ1) is 20.0. The lowest BCUT2D eigenvalue weighted by Gasteiger charge is -2.33. The molecular weight excluding hydrogens is 352 g/mol. The van der Waals surface area contributed by atoms with Gasteiger partial charge in [-0.25, -0.2) is 13.6 Å². The van der Waals surface area contributed by atoms with Crippen LogP contribution in [0.2, 0.25) is 0 Å². The molecule has 3 N–H and O–H groups in total. The van der Waals surface area contributed by atoms with Gasteiger partial charge < -0.3 is 15.7 Å². The van der Waals surface area contributed by atoms with Gasteiger partial charge in [0.25, 0.3) is 0 Å². The third-order valence-corrected chi connectivity index (χ3v) is 5.75. The number of hydrogen-bond donors (Lipinski definition) is 3. The van der Waals surface area contributed by atoms with E-state index in [1.165, 1.54) is 6.07 Å². The number of likely N-dealkylation sites (tertiary alicyclic amines) is 1. The quantitative estimate of drug-likeness (QED) is 0.735. The van der Waals surface area contributed by atoms with Crippen molar-refractivity contribution in [1.29, 1.82) is 0 Å². The lowest BCUT2D eigenvalue weighted by molar-refractivity contribution is 0.169. The molecule has 1 saturated carbocycles. The van der Waals surface area contributed by atoms with Gasteiger partial charge in [0, 0.05) is 38.3 Å². The number of hydrogen-bond acceptors (Lipinski definition) is 3. The molecule has 0 radical (unpaired) electrons. The Morgan fingerprint density at radius 1 is 1.00 bits per heavy atom. The van der Waals surface area contributed by atoms with Gasteiger partial charge in [0.2, 0.25) is 0 Å². The van der Waals surface area contributed by atoms with Crippen molar-refractivity contribution in [3.05, 3.63) is 35.4 Å². The first-order chi connectivity index (χ1) is 13.0. The van der Waals surface area contributed by atoms with Gasteiger partial charge in [-0.05, 0) is 62.1 Å². The number of nitrogens with one attached hydrogen (secondary N) is 2. The van der Waals surface area contributed by atoms with Crippen LogP contribution in [0.5, 0.6) is 0 Å². The average molecular weight is 381 g/mol. The summed E-state index contributed by atoms with van der Waals surface area (Å²) in [4.78, 5) is 14.4. The highest BCUT2D eigenvalue weighted by molar-refractivity contribution is 5.74. The van der Waals surface area contributed by atoms with Crippen molar-refractivity contribution in [3.8, 4) is 0 Å². The van der Waals surface area contributed by atoms with E-state index in [0.717, 1.165) is 63.2 Å². The van der Waals surface area contributed by atoms with Crippen molar-refractivity contribution in [1.82, 2.24) is 15.5 Å². The van der Waals surface area contributed by atoms with E-state index >= 15 is 0 Å². The second-order valence-electron chi connectivity index (χ2n) is 7.82. The zero-order valence-electron chi connectivity index (χ0n) is 15.6. The highest BCUT2D eigenvalue weighted by atomic mass is 19.2. The van der Waals surface area contributed by atoms with E-state index in [-0.39, 0.29) is 24.7 Å². The second-order valence-corrected chi connectivity index (χ2v) is 7.82. The number of rotatable bonds is 5. The number of aliphatic hydroxyl groups is 1. The normalized spacial score (nSPS) is 24.6. The van der Waals surface area contributed by atoms with Gasteiger partial charge >= 0.3 is 6.03 Å². The molecule has 1 aliphatic heterocycles. The number of nitrogens with zero attached hydrogens (tertiary/aromatic N) is 1. The van der Waals surface area contributed by atoms with Crippen LogP contribution in [-0.2, 0) is 6.54 Å². The van der Waals surface area contributed by atoms with E-state index in [1.54, 1.807) is 6.07 Å². The molecule has 0 unspecified atom stereocenters. The summed E-state index contributed by atoms with van der Waals surface area (Å²) in [6.45, 7) is 2.45. The summed E-state index contributed by atoms with van der Waals surface area (Å²) in [6.07, 6.45) is 5.45. The maximum Gasteiger partial charge on any atom is 0.315 e. The Hall–Kier alpha value is -1.73. The van der Waals surface area contributed by atoms with Crippen LogP contribution >= 0.6 is 0 Å². The summed E-state index contributed by atoms with van der Waals surface area (Å²) < 4.78 is 26.3. The molecule has 7 heteroatoms. The number of urea groups is 1. The van der Waals surface area contributed by atoms with Gasteiger partial charge in [-0.15, -0.1) is 0 Å². The Bertz CT molecular complexity index is 628. The van der Waals surface area contributed by atoms with Crippen LogP contribution in [0.4, 0.5) is 13.6 Å². The maximum atomic E-state index is 13.3. The molecule has 1 aromatic rings. The number of halogens is 2. The predicted molar refractivity (Wildman–Crippen MR) is 99.2 cm³/mol. The van der Waals surface area contributed by atoms with Crippen molar-refractivity contribution in [2.24, 2.45) is 5.92 Å².